The maximum absolute atomic E-state index is 10.2. The van der Waals surface area contributed by atoms with E-state index in [4.69, 9.17) is 0 Å². The first-order valence-corrected chi connectivity index (χ1v) is 9.01. The van der Waals surface area contributed by atoms with Crippen LogP contribution in [-0.2, 0) is 19.5 Å². The number of allylic oxidation sites excluding steroid dienone is 1. The molecule has 0 atom stereocenters. The van der Waals surface area contributed by atoms with Crippen molar-refractivity contribution in [3.63, 3.8) is 0 Å². The zero-order valence-corrected chi connectivity index (χ0v) is 12.7. The molecule has 0 radical (unpaired) electrons. The third kappa shape index (κ3) is 12.1. The van der Waals surface area contributed by atoms with Crippen molar-refractivity contribution in [1.82, 2.24) is 0 Å². The molecule has 0 aromatic heterocycles. The fourth-order valence-electron chi connectivity index (χ4n) is 1.06. The van der Waals surface area contributed by atoms with Crippen molar-refractivity contribution in [2.24, 2.45) is 0 Å². The molecule has 3 nitrogen and oxygen atoms in total. The smallest absolute Gasteiger partial charge is 0.00661 e. The summed E-state index contributed by atoms with van der Waals surface area (Å²) in [5.41, 5.74) is 0.885. The van der Waals surface area contributed by atoms with Crippen molar-refractivity contribution in [1.29, 1.82) is 0 Å². The summed E-state index contributed by atoms with van der Waals surface area (Å²) in [4.78, 5) is 20.5. The van der Waals surface area contributed by atoms with Crippen LogP contribution >= 0.6 is 7.60 Å². The number of hydrogen-bond donors (Lipinski definition) is 0. The quantitative estimate of drug-likeness (QED) is 0.620. The Morgan fingerprint density at radius 3 is 2.11 bits per heavy atom. The molecule has 0 unspecified atom stereocenters. The van der Waals surface area contributed by atoms with E-state index in [9.17, 15) is 14.4 Å². The van der Waals surface area contributed by atoms with E-state index in [0.29, 0.717) is 0 Å². The molecule has 0 aliphatic heterocycles. The zero-order chi connectivity index (χ0) is 13.9. The minimum Gasteiger partial charge on any atom is -0.811 e. The maximum Gasteiger partial charge on any atom is -0.00661 e. The molecule has 1 aromatic carbocycles. The largest absolute Gasteiger partial charge is 0.811 e. The summed E-state index contributed by atoms with van der Waals surface area (Å²) >= 11 is 1.39. The van der Waals surface area contributed by atoms with Crippen LogP contribution < -0.4 is 9.79 Å². The van der Waals surface area contributed by atoms with Crippen molar-refractivity contribution >= 4 is 13.7 Å². The summed E-state index contributed by atoms with van der Waals surface area (Å²) < 4.78 is 10.2. The Morgan fingerprint density at radius 2 is 1.72 bits per heavy atom. The van der Waals surface area contributed by atoms with Crippen LogP contribution in [0.5, 0.6) is 0 Å². The summed E-state index contributed by atoms with van der Waals surface area (Å²) in [5, 5.41) is 2.69. The van der Waals surface area contributed by atoms with Gasteiger partial charge in [-0.15, -0.1) is 0 Å². The van der Waals surface area contributed by atoms with E-state index in [0.717, 1.165) is 5.56 Å². The second-order valence-electron chi connectivity index (χ2n) is 3.28. The standard InChI is InChI=1S/C9H11O3P.2C2H5.Fe/c10-13(11,12)8-4-7-9-5-2-1-3-6-9;2*1-2;/h1-7H,8H2,(H2,10,11,12);2*1H2,2H3;/q;;;+2/p-2. The molecule has 0 bridgehead atoms. The van der Waals surface area contributed by atoms with Crippen LogP contribution in [0.1, 0.15) is 19.4 Å². The van der Waals surface area contributed by atoms with Crippen LogP contribution in [0.25, 0.3) is 6.08 Å². The second-order valence-corrected chi connectivity index (χ2v) is 6.98. The van der Waals surface area contributed by atoms with Crippen LogP contribution in [0.3, 0.4) is 0 Å². The fraction of sp³-hybridized carbons (Fsp3) is 0.385. The average Bonchev–Trinajstić information content (AvgIpc) is 2.30. The van der Waals surface area contributed by atoms with Crippen molar-refractivity contribution in [2.45, 2.75) is 24.5 Å². The third-order valence-corrected chi connectivity index (χ3v) is 3.55. The van der Waals surface area contributed by atoms with Gasteiger partial charge in [-0.05, 0) is 11.7 Å². The van der Waals surface area contributed by atoms with Gasteiger partial charge in [0.05, 0.1) is 0 Å². The Morgan fingerprint density at radius 1 is 1.17 bits per heavy atom. The third-order valence-electron chi connectivity index (χ3n) is 1.79. The average molecular weight is 310 g/mol. The molecule has 1 rings (SSSR count). The Bertz CT molecular complexity index is 371. The molecule has 0 heterocycles. The van der Waals surface area contributed by atoms with Gasteiger partial charge in [0, 0.05) is 0 Å². The number of benzene rings is 1. The van der Waals surface area contributed by atoms with E-state index < -0.39 is 13.8 Å². The molecule has 5 heteroatoms. The molecule has 0 saturated heterocycles. The topological polar surface area (TPSA) is 63.2 Å². The molecule has 18 heavy (non-hydrogen) atoms. The van der Waals surface area contributed by atoms with Crippen LogP contribution in [0, 0.1) is 0 Å². The van der Waals surface area contributed by atoms with Gasteiger partial charge < -0.3 is 14.4 Å². The van der Waals surface area contributed by atoms with E-state index in [1.165, 1.54) is 31.7 Å². The van der Waals surface area contributed by atoms with E-state index in [1.54, 1.807) is 6.08 Å². The van der Waals surface area contributed by atoms with Crippen molar-refractivity contribution in [3.8, 4) is 0 Å². The summed E-state index contributed by atoms with van der Waals surface area (Å²) in [6, 6.07) is 9.21. The van der Waals surface area contributed by atoms with Crippen LogP contribution in [-0.4, -0.2) is 6.16 Å². The zero-order valence-electron chi connectivity index (χ0n) is 10.7. The normalized spacial score (nSPS) is 11.1. The first-order chi connectivity index (χ1) is 8.49. The minimum atomic E-state index is -4.39. The Balaban J connectivity index is 0.000000494. The van der Waals surface area contributed by atoms with Crippen molar-refractivity contribution < 1.29 is 29.3 Å². The van der Waals surface area contributed by atoms with Gasteiger partial charge in [-0.25, -0.2) is 0 Å². The summed E-state index contributed by atoms with van der Waals surface area (Å²) in [6.07, 6.45) is 2.54. The van der Waals surface area contributed by atoms with Crippen LogP contribution in [0.15, 0.2) is 36.4 Å². The Kier molecular flexibility index (Phi) is 10.3. The predicted molar refractivity (Wildman–Crippen MR) is 68.9 cm³/mol. The molecule has 102 valence electrons. The number of hydrogen-bond acceptors (Lipinski definition) is 3. The minimum absolute atomic E-state index is 0.429. The molecular weight excluding hydrogens is 291 g/mol. The van der Waals surface area contributed by atoms with Crippen molar-refractivity contribution in [2.75, 3.05) is 6.16 Å². The molecule has 0 aliphatic carbocycles. The van der Waals surface area contributed by atoms with Gasteiger partial charge in [-0.2, -0.15) is 0 Å². The molecule has 0 spiro atoms. The van der Waals surface area contributed by atoms with E-state index >= 15 is 0 Å². The molecule has 0 N–H and O–H groups in total. The molecule has 0 saturated carbocycles. The molecule has 1 aromatic rings. The van der Waals surface area contributed by atoms with Crippen LogP contribution in [0.4, 0.5) is 0 Å². The van der Waals surface area contributed by atoms with E-state index in [-0.39, 0.29) is 0 Å². The molecule has 0 aliphatic rings. The molecule has 0 amide bonds. The summed E-state index contributed by atoms with van der Waals surface area (Å²) in [7, 11) is -4.39. The van der Waals surface area contributed by atoms with Gasteiger partial charge >= 0.3 is 39.4 Å². The molecule has 0 fully saturated rings. The van der Waals surface area contributed by atoms with Crippen LogP contribution in [0.2, 0.25) is 10.6 Å². The van der Waals surface area contributed by atoms with Gasteiger partial charge in [0.25, 0.3) is 0 Å². The van der Waals surface area contributed by atoms with Gasteiger partial charge in [-0.1, -0.05) is 50.1 Å². The van der Waals surface area contributed by atoms with Gasteiger partial charge in [0.1, 0.15) is 0 Å². The summed E-state index contributed by atoms with van der Waals surface area (Å²) in [6.45, 7) is 4.42. The number of rotatable bonds is 5. The predicted octanol–water partition coefficient (Wildman–Crippen LogP) is 2.56. The fourth-order valence-corrected chi connectivity index (χ4v) is 1.97. The maximum atomic E-state index is 10.2. The van der Waals surface area contributed by atoms with Gasteiger partial charge in [0.2, 0.25) is 0 Å². The van der Waals surface area contributed by atoms with Crippen molar-refractivity contribution in [3.05, 3.63) is 42.0 Å². The first kappa shape index (κ1) is 17.6. The Hall–Kier alpha value is -0.371. The van der Waals surface area contributed by atoms with E-state index in [2.05, 4.69) is 13.8 Å². The second kappa shape index (κ2) is 10.5. The summed E-state index contributed by atoms with van der Waals surface area (Å²) in [5.74, 6) is 0. The van der Waals surface area contributed by atoms with Gasteiger partial charge in [-0.3, -0.25) is 0 Å². The van der Waals surface area contributed by atoms with Gasteiger partial charge in [0.15, 0.2) is 0 Å². The first-order valence-electron chi connectivity index (χ1n) is 5.72. The van der Waals surface area contributed by atoms with E-state index in [1.807, 2.05) is 30.3 Å². The molecular formula is C13H19FeO3P. The SMILES string of the molecule is C[CH2][Fe+2][CH2]C.O=P([O-])([O-])CC=Cc1ccccc1. The monoisotopic (exact) mass is 310 g/mol. The Labute approximate surface area is 116 Å².